The third kappa shape index (κ3) is 2.88. The van der Waals surface area contributed by atoms with Gasteiger partial charge < -0.3 is 0 Å². The molecule has 0 N–H and O–H groups in total. The fourth-order valence-electron chi connectivity index (χ4n) is 3.61. The first kappa shape index (κ1) is 17.4. The predicted molar refractivity (Wildman–Crippen MR) is 106 cm³/mol. The zero-order chi connectivity index (χ0) is 17.2. The third-order valence-corrected chi connectivity index (χ3v) is 12.4. The summed E-state index contributed by atoms with van der Waals surface area (Å²) in [6.07, 6.45) is 0. The Kier molecular flexibility index (Phi) is 4.21. The van der Waals surface area contributed by atoms with E-state index >= 15 is 0 Å². The second-order valence-corrected chi connectivity index (χ2v) is 24.1. The minimum absolute atomic E-state index is 0.0879. The molecule has 0 unspecified atom stereocenters. The molecule has 122 valence electrons. The summed E-state index contributed by atoms with van der Waals surface area (Å²) in [5, 5.41) is 0. The summed E-state index contributed by atoms with van der Waals surface area (Å²) in [7, 11) is 0. The molecule has 23 heavy (non-hydrogen) atoms. The van der Waals surface area contributed by atoms with Gasteiger partial charge >= 0.3 is 150 Å². The van der Waals surface area contributed by atoms with Crippen LogP contribution < -0.4 is 3.58 Å². The Labute approximate surface area is 150 Å². The molecule has 0 radical (unpaired) electrons. The Morgan fingerprint density at radius 3 is 1.87 bits per heavy atom. The molecular formula is C21H28SSn. The predicted octanol–water partition coefficient (Wildman–Crippen LogP) is 5.95. The molecule has 0 fully saturated rings. The van der Waals surface area contributed by atoms with Crippen molar-refractivity contribution in [1.29, 1.82) is 0 Å². The minimum atomic E-state index is -2.07. The summed E-state index contributed by atoms with van der Waals surface area (Å²) in [5.41, 5.74) is 7.40. The third-order valence-electron chi connectivity index (χ3n) is 5.11. The van der Waals surface area contributed by atoms with Gasteiger partial charge in [-0.3, -0.25) is 0 Å². The maximum atomic E-state index is 2.55. The first-order valence-corrected chi connectivity index (χ1v) is 19.3. The van der Waals surface area contributed by atoms with Crippen LogP contribution in [0.15, 0.2) is 34.1 Å². The van der Waals surface area contributed by atoms with E-state index in [0.29, 0.717) is 0 Å². The van der Waals surface area contributed by atoms with Crippen LogP contribution in [0.1, 0.15) is 41.7 Å². The van der Waals surface area contributed by atoms with Gasteiger partial charge in [0.2, 0.25) is 0 Å². The Balaban J connectivity index is 2.30. The maximum absolute atomic E-state index is 2.55. The number of benzene rings is 2. The summed E-state index contributed by atoms with van der Waals surface area (Å²) in [5.74, 6) is 0. The summed E-state index contributed by atoms with van der Waals surface area (Å²) < 4.78 is 1.65. The van der Waals surface area contributed by atoms with E-state index in [9.17, 15) is 0 Å². The van der Waals surface area contributed by atoms with Gasteiger partial charge in [0.15, 0.2) is 0 Å². The Morgan fingerprint density at radius 1 is 0.783 bits per heavy atom. The Morgan fingerprint density at radius 2 is 1.30 bits per heavy atom. The first-order chi connectivity index (χ1) is 10.5. The van der Waals surface area contributed by atoms with Crippen LogP contribution in [0.3, 0.4) is 0 Å². The number of hydrogen-bond acceptors (Lipinski definition) is 1. The summed E-state index contributed by atoms with van der Waals surface area (Å²) in [6, 6.07) is 9.75. The fraction of sp³-hybridized carbons (Fsp3) is 0.429. The zero-order valence-electron chi connectivity index (χ0n) is 15.7. The molecule has 0 aromatic heterocycles. The molecule has 1 aliphatic heterocycles. The van der Waals surface area contributed by atoms with E-state index in [1.807, 2.05) is 11.8 Å². The second-order valence-electron chi connectivity index (χ2n) is 8.61. The monoisotopic (exact) mass is 432 g/mol. The fourth-order valence-corrected chi connectivity index (χ4v) is 8.60. The molecule has 0 atom stereocenters. The van der Waals surface area contributed by atoms with E-state index < -0.39 is 18.4 Å². The summed E-state index contributed by atoms with van der Waals surface area (Å²) >= 11 is -0.0842. The Bertz CT molecular complexity index is 794. The molecule has 0 saturated heterocycles. The first-order valence-electron chi connectivity index (χ1n) is 8.47. The van der Waals surface area contributed by atoms with Crippen LogP contribution >= 0.6 is 11.8 Å². The van der Waals surface area contributed by atoms with Crippen molar-refractivity contribution in [1.82, 2.24) is 0 Å². The van der Waals surface area contributed by atoms with Gasteiger partial charge in [-0.05, 0) is 0 Å². The SMILES string of the molecule is Cc1cc(C)c2c(c1)C(C)(C)c1c[c]([Sn]([CH3])([CH3])[CH3])cc(C)c1S2. The molecule has 1 heterocycles. The molecule has 0 bridgehead atoms. The van der Waals surface area contributed by atoms with E-state index in [0.717, 1.165) is 0 Å². The molecule has 0 spiro atoms. The molecular weight excluding hydrogens is 403 g/mol. The van der Waals surface area contributed by atoms with Crippen molar-refractivity contribution >= 4 is 33.7 Å². The van der Waals surface area contributed by atoms with Gasteiger partial charge in [0.25, 0.3) is 0 Å². The van der Waals surface area contributed by atoms with Gasteiger partial charge in [0.05, 0.1) is 0 Å². The van der Waals surface area contributed by atoms with E-state index in [-0.39, 0.29) is 5.41 Å². The number of aryl methyl sites for hydroxylation is 3. The van der Waals surface area contributed by atoms with E-state index in [1.54, 1.807) is 9.14 Å². The van der Waals surface area contributed by atoms with Crippen molar-refractivity contribution in [3.8, 4) is 0 Å². The second kappa shape index (κ2) is 5.55. The van der Waals surface area contributed by atoms with Crippen LogP contribution in [-0.2, 0) is 5.41 Å². The van der Waals surface area contributed by atoms with Crippen LogP contribution in [-0.4, -0.2) is 18.4 Å². The van der Waals surface area contributed by atoms with Gasteiger partial charge in [-0.25, -0.2) is 0 Å². The van der Waals surface area contributed by atoms with Crippen molar-refractivity contribution in [3.05, 3.63) is 52.1 Å². The van der Waals surface area contributed by atoms with Crippen molar-refractivity contribution in [3.63, 3.8) is 0 Å². The number of fused-ring (bicyclic) bond motifs is 2. The van der Waals surface area contributed by atoms with Crippen molar-refractivity contribution in [2.45, 2.75) is 64.6 Å². The van der Waals surface area contributed by atoms with Crippen molar-refractivity contribution < 1.29 is 0 Å². The molecule has 2 aromatic rings. The molecule has 2 heteroatoms. The molecule has 2 aromatic carbocycles. The van der Waals surface area contributed by atoms with Gasteiger partial charge in [0.1, 0.15) is 0 Å². The number of hydrogen-bond donors (Lipinski definition) is 0. The van der Waals surface area contributed by atoms with Crippen LogP contribution in [0.2, 0.25) is 14.8 Å². The molecule has 0 aliphatic carbocycles. The normalized spacial score (nSPS) is 16.0. The van der Waals surface area contributed by atoms with Gasteiger partial charge in [-0.2, -0.15) is 0 Å². The zero-order valence-corrected chi connectivity index (χ0v) is 19.4. The summed E-state index contributed by atoms with van der Waals surface area (Å²) in [4.78, 5) is 10.5. The molecule has 0 saturated carbocycles. The van der Waals surface area contributed by atoms with Crippen LogP contribution in [0.25, 0.3) is 0 Å². The van der Waals surface area contributed by atoms with Crippen LogP contribution in [0.5, 0.6) is 0 Å². The van der Waals surface area contributed by atoms with Crippen LogP contribution in [0, 0.1) is 20.8 Å². The molecule has 3 rings (SSSR count). The van der Waals surface area contributed by atoms with E-state index in [4.69, 9.17) is 0 Å². The average molecular weight is 431 g/mol. The van der Waals surface area contributed by atoms with Crippen molar-refractivity contribution in [2.75, 3.05) is 0 Å². The Hall–Kier alpha value is -0.411. The van der Waals surface area contributed by atoms with Gasteiger partial charge in [0, 0.05) is 0 Å². The number of rotatable bonds is 1. The van der Waals surface area contributed by atoms with E-state index in [1.165, 1.54) is 32.0 Å². The van der Waals surface area contributed by atoms with Crippen LogP contribution in [0.4, 0.5) is 0 Å². The van der Waals surface area contributed by atoms with Crippen molar-refractivity contribution in [2.24, 2.45) is 0 Å². The standard InChI is InChI=1S/C18H19S.3CH3.Sn/c1-11-9-13(3)17-15(10-11)18(4,5)14-8-6-7-12(2)16(14)19-17;;;;/h7-10H,1-5H3;3*1H3;. The molecule has 1 aliphatic rings. The van der Waals surface area contributed by atoms with E-state index in [2.05, 4.69) is 73.7 Å². The van der Waals surface area contributed by atoms with Gasteiger partial charge in [-0.1, -0.05) is 0 Å². The van der Waals surface area contributed by atoms with Gasteiger partial charge in [-0.15, -0.1) is 0 Å². The quantitative estimate of drug-likeness (QED) is 0.503. The average Bonchev–Trinajstić information content (AvgIpc) is 2.40. The molecule has 0 nitrogen and oxygen atoms in total. The topological polar surface area (TPSA) is 0 Å². The molecule has 0 amide bonds. The summed E-state index contributed by atoms with van der Waals surface area (Å²) in [6.45, 7) is 11.6.